The lowest BCUT2D eigenvalue weighted by Crippen LogP contribution is -2.06. The first-order chi connectivity index (χ1) is 7.77. The third kappa shape index (κ3) is 3.23. The van der Waals surface area contributed by atoms with Crippen LogP contribution in [-0.2, 0) is 0 Å². The second-order valence-corrected chi connectivity index (χ2v) is 3.50. The molecule has 0 atom stereocenters. The normalized spacial score (nSPS) is 9.75. The standard InChI is InChI=1S/C12H13NO.CH3.Al/c1-9(2)14-11-7-3-5-10-6-4-8-13-12(10)11;;/h3-9H,1-2H3;1H3;. The number of para-hydroxylation sites is 1. The van der Waals surface area contributed by atoms with Crippen molar-refractivity contribution in [2.45, 2.75) is 25.7 Å². The predicted octanol–water partition coefficient (Wildman–Crippen LogP) is 3.23. The van der Waals surface area contributed by atoms with E-state index in [0.717, 1.165) is 16.7 Å². The van der Waals surface area contributed by atoms with Crippen molar-refractivity contribution in [1.29, 1.82) is 0 Å². The van der Waals surface area contributed by atoms with Gasteiger partial charge in [0, 0.05) is 11.6 Å². The van der Waals surface area contributed by atoms with Crippen LogP contribution in [0.3, 0.4) is 0 Å². The molecule has 0 bridgehead atoms. The number of nitrogens with zero attached hydrogens (tertiary/aromatic N) is 1. The Morgan fingerprint density at radius 2 is 1.81 bits per heavy atom. The lowest BCUT2D eigenvalue weighted by molar-refractivity contribution is 0.245. The van der Waals surface area contributed by atoms with Gasteiger partial charge in [0.2, 0.25) is 0 Å². The molecule has 2 nitrogen and oxygen atoms in total. The van der Waals surface area contributed by atoms with Crippen molar-refractivity contribution >= 4 is 27.2 Å². The largest absolute Gasteiger partial charge is 0.489 e. The van der Waals surface area contributed by atoms with Gasteiger partial charge in [-0.3, -0.25) is 4.98 Å². The number of benzene rings is 1. The van der Waals surface area contributed by atoms with Crippen molar-refractivity contribution in [3.63, 3.8) is 0 Å². The Hall–Kier alpha value is -1.04. The van der Waals surface area contributed by atoms with Crippen LogP contribution in [-0.4, -0.2) is 27.4 Å². The highest BCUT2D eigenvalue weighted by molar-refractivity contribution is 6.05. The maximum atomic E-state index is 5.66. The maximum Gasteiger partial charge on any atom is 0.145 e. The van der Waals surface area contributed by atoms with Crippen LogP contribution in [0.25, 0.3) is 10.9 Å². The number of rotatable bonds is 2. The zero-order valence-corrected chi connectivity index (χ0v) is 11.1. The molecule has 0 aliphatic rings. The number of ether oxygens (including phenoxy) is 1. The van der Waals surface area contributed by atoms with E-state index in [9.17, 15) is 0 Å². The van der Waals surface area contributed by atoms with E-state index in [1.165, 1.54) is 0 Å². The Kier molecular flexibility index (Phi) is 5.31. The molecule has 2 aromatic rings. The van der Waals surface area contributed by atoms with Gasteiger partial charge < -0.3 is 4.74 Å². The van der Waals surface area contributed by atoms with Crippen molar-refractivity contribution < 1.29 is 4.74 Å². The molecule has 1 heterocycles. The van der Waals surface area contributed by atoms with Crippen LogP contribution in [0.15, 0.2) is 36.5 Å². The monoisotopic (exact) mass is 229 g/mol. The highest BCUT2D eigenvalue weighted by Crippen LogP contribution is 2.23. The van der Waals surface area contributed by atoms with Crippen molar-refractivity contribution in [3.8, 4) is 5.75 Å². The number of aromatic nitrogens is 1. The van der Waals surface area contributed by atoms with E-state index in [2.05, 4.69) is 21.3 Å². The molecule has 0 amide bonds. The molecule has 0 aliphatic heterocycles. The minimum Gasteiger partial charge on any atom is -0.489 e. The van der Waals surface area contributed by atoms with E-state index in [-0.39, 0.29) is 6.10 Å². The van der Waals surface area contributed by atoms with Gasteiger partial charge in [-0.25, -0.2) is 0 Å². The van der Waals surface area contributed by atoms with Crippen molar-refractivity contribution in [2.24, 2.45) is 0 Å². The fourth-order valence-electron chi connectivity index (χ4n) is 1.43. The number of hydrogen-bond acceptors (Lipinski definition) is 2. The summed E-state index contributed by atoms with van der Waals surface area (Å²) in [6, 6.07) is 9.95. The molecule has 0 fully saturated rings. The molecule has 0 aliphatic carbocycles. The van der Waals surface area contributed by atoms with Gasteiger partial charge in [-0.1, -0.05) is 18.2 Å². The fraction of sp³-hybridized carbons (Fsp3) is 0.308. The molecule has 1 aromatic heterocycles. The van der Waals surface area contributed by atoms with Crippen LogP contribution in [0.1, 0.15) is 13.8 Å². The summed E-state index contributed by atoms with van der Waals surface area (Å²) in [5.41, 5.74) is 0.934. The zero-order valence-electron chi connectivity index (χ0n) is 9.97. The summed E-state index contributed by atoms with van der Waals surface area (Å²) in [5, 5.41) is 1.12. The first-order valence-electron chi connectivity index (χ1n) is 5.35. The third-order valence-corrected chi connectivity index (χ3v) is 1.96. The topological polar surface area (TPSA) is 22.1 Å². The minimum absolute atomic E-state index is 0.183. The molecule has 2 radical (unpaired) electrons. The lowest BCUT2D eigenvalue weighted by atomic mass is 10.2. The van der Waals surface area contributed by atoms with Gasteiger partial charge in [0.05, 0.1) is 6.10 Å². The van der Waals surface area contributed by atoms with Crippen molar-refractivity contribution in [1.82, 2.24) is 4.98 Å². The van der Waals surface area contributed by atoms with E-state index >= 15 is 0 Å². The molecule has 0 spiro atoms. The van der Waals surface area contributed by atoms with Crippen LogP contribution in [0.5, 0.6) is 5.75 Å². The molecular formula is C13H16AlNO. The summed E-state index contributed by atoms with van der Waals surface area (Å²) in [4.78, 5) is 4.31. The Bertz CT molecular complexity index is 437. The molecule has 3 heteroatoms. The van der Waals surface area contributed by atoms with Gasteiger partial charge in [-0.15, -0.1) is 5.79 Å². The highest BCUT2D eigenvalue weighted by Gasteiger charge is 2.03. The molecule has 0 saturated carbocycles. The average molecular weight is 229 g/mol. The molecule has 0 N–H and O–H groups in total. The van der Waals surface area contributed by atoms with Gasteiger partial charge in [0.25, 0.3) is 0 Å². The van der Waals surface area contributed by atoms with Crippen LogP contribution in [0, 0.1) is 0 Å². The Labute approximate surface area is 105 Å². The molecule has 16 heavy (non-hydrogen) atoms. The van der Waals surface area contributed by atoms with Gasteiger partial charge in [0.1, 0.15) is 27.6 Å². The van der Waals surface area contributed by atoms with E-state index < -0.39 is 0 Å². The van der Waals surface area contributed by atoms with E-state index in [1.807, 2.05) is 50.0 Å². The summed E-state index contributed by atoms with van der Waals surface area (Å²) in [5.74, 6) is 2.78. The van der Waals surface area contributed by atoms with Crippen molar-refractivity contribution in [3.05, 3.63) is 36.5 Å². The zero-order chi connectivity index (χ0) is 12.0. The Morgan fingerprint density at radius 1 is 1.12 bits per heavy atom. The van der Waals surface area contributed by atoms with Crippen LogP contribution in [0.2, 0.25) is 5.79 Å². The SMILES string of the molecule is CC(C)Oc1cccc2cccnc12.[CH3][Al]. The second kappa shape index (κ2) is 6.52. The first kappa shape index (κ1) is 13.0. The van der Waals surface area contributed by atoms with Gasteiger partial charge in [0.15, 0.2) is 0 Å². The molecule has 0 saturated heterocycles. The van der Waals surface area contributed by atoms with E-state index in [1.54, 1.807) is 6.20 Å². The number of pyridine rings is 1. The summed E-state index contributed by atoms with van der Waals surface area (Å²) >= 11 is 2.42. The molecule has 2 rings (SSSR count). The second-order valence-electron chi connectivity index (χ2n) is 3.50. The minimum atomic E-state index is 0.183. The summed E-state index contributed by atoms with van der Waals surface area (Å²) in [6.45, 7) is 4.03. The summed E-state index contributed by atoms with van der Waals surface area (Å²) in [6.07, 6.45) is 1.97. The van der Waals surface area contributed by atoms with Crippen LogP contribution < -0.4 is 4.74 Å². The third-order valence-electron chi connectivity index (χ3n) is 1.96. The summed E-state index contributed by atoms with van der Waals surface area (Å²) in [7, 11) is 0. The first-order valence-corrected chi connectivity index (χ1v) is 6.51. The molecular weight excluding hydrogens is 213 g/mol. The number of fused-ring (bicyclic) bond motifs is 1. The van der Waals surface area contributed by atoms with E-state index in [0.29, 0.717) is 0 Å². The molecule has 82 valence electrons. The lowest BCUT2D eigenvalue weighted by Gasteiger charge is -2.10. The predicted molar refractivity (Wildman–Crippen MR) is 69.1 cm³/mol. The van der Waals surface area contributed by atoms with Crippen molar-refractivity contribution in [2.75, 3.05) is 0 Å². The average Bonchev–Trinajstić information content (AvgIpc) is 2.31. The van der Waals surface area contributed by atoms with Crippen LogP contribution in [0.4, 0.5) is 0 Å². The number of hydrogen-bond donors (Lipinski definition) is 0. The maximum absolute atomic E-state index is 5.66. The summed E-state index contributed by atoms with van der Waals surface area (Å²) < 4.78 is 5.66. The Morgan fingerprint density at radius 3 is 2.50 bits per heavy atom. The molecule has 0 unspecified atom stereocenters. The van der Waals surface area contributed by atoms with Gasteiger partial charge in [-0.05, 0) is 26.0 Å². The molecule has 1 aromatic carbocycles. The van der Waals surface area contributed by atoms with Crippen LogP contribution >= 0.6 is 0 Å². The fourth-order valence-corrected chi connectivity index (χ4v) is 1.43. The van der Waals surface area contributed by atoms with Gasteiger partial charge >= 0.3 is 0 Å². The smallest absolute Gasteiger partial charge is 0.145 e. The van der Waals surface area contributed by atoms with E-state index in [4.69, 9.17) is 4.74 Å². The Balaban J connectivity index is 0.000000606. The quantitative estimate of drug-likeness (QED) is 0.737. The van der Waals surface area contributed by atoms with Gasteiger partial charge in [-0.2, -0.15) is 0 Å². The highest BCUT2D eigenvalue weighted by atomic mass is 27.0.